The molecule has 1 aromatic rings. The zero-order chi connectivity index (χ0) is 9.97. The molecule has 0 saturated heterocycles. The smallest absolute Gasteiger partial charge is 0.313 e. The molecule has 4 nitrogen and oxygen atoms in total. The Kier molecular flexibility index (Phi) is 2.67. The molecule has 0 radical (unpaired) electrons. The summed E-state index contributed by atoms with van der Waals surface area (Å²) in [6.07, 6.45) is 4.61. The van der Waals surface area contributed by atoms with E-state index in [-0.39, 0.29) is 5.75 Å². The molecule has 74 valence electrons. The second kappa shape index (κ2) is 3.96. The largest absolute Gasteiger partial charge is 0.481 e. The van der Waals surface area contributed by atoms with E-state index in [0.717, 1.165) is 35.5 Å². The Bertz CT molecular complexity index is 368. The number of hydrogen-bond acceptors (Lipinski definition) is 4. The van der Waals surface area contributed by atoms with Crippen LogP contribution in [0.3, 0.4) is 0 Å². The minimum Gasteiger partial charge on any atom is -0.481 e. The summed E-state index contributed by atoms with van der Waals surface area (Å²) in [5.41, 5.74) is 2.24. The molecule has 0 saturated carbocycles. The van der Waals surface area contributed by atoms with Gasteiger partial charge in [0, 0.05) is 11.3 Å². The molecule has 0 aliphatic heterocycles. The molecule has 1 aromatic heterocycles. The van der Waals surface area contributed by atoms with E-state index >= 15 is 0 Å². The highest BCUT2D eigenvalue weighted by molar-refractivity contribution is 7.99. The number of aromatic nitrogens is 2. The topological polar surface area (TPSA) is 63.1 Å². The van der Waals surface area contributed by atoms with E-state index in [1.807, 2.05) is 0 Å². The lowest BCUT2D eigenvalue weighted by molar-refractivity contribution is -0.133. The van der Waals surface area contributed by atoms with Gasteiger partial charge in [-0.25, -0.2) is 9.97 Å². The third kappa shape index (κ3) is 1.87. The van der Waals surface area contributed by atoms with Crippen molar-refractivity contribution in [3.8, 4) is 0 Å². The van der Waals surface area contributed by atoms with Gasteiger partial charge >= 0.3 is 5.97 Å². The third-order valence-corrected chi connectivity index (χ3v) is 3.18. The van der Waals surface area contributed by atoms with Crippen LogP contribution in [0.5, 0.6) is 0 Å². The fraction of sp³-hybridized carbons (Fsp3) is 0.444. The molecular weight excluding hydrogens is 200 g/mol. The van der Waals surface area contributed by atoms with E-state index < -0.39 is 5.97 Å². The van der Waals surface area contributed by atoms with Crippen LogP contribution >= 0.6 is 11.8 Å². The maximum Gasteiger partial charge on any atom is 0.313 e. The van der Waals surface area contributed by atoms with E-state index in [1.54, 1.807) is 0 Å². The van der Waals surface area contributed by atoms with Crippen molar-refractivity contribution in [2.45, 2.75) is 24.3 Å². The van der Waals surface area contributed by atoms with Crippen LogP contribution in [0.15, 0.2) is 11.4 Å². The average molecular weight is 210 g/mol. The molecule has 0 bridgehead atoms. The van der Waals surface area contributed by atoms with Gasteiger partial charge in [0.2, 0.25) is 0 Å². The molecule has 5 heteroatoms. The molecule has 0 spiro atoms. The lowest BCUT2D eigenvalue weighted by atomic mass is 10.3. The van der Waals surface area contributed by atoms with Crippen LogP contribution in [0, 0.1) is 0 Å². The maximum atomic E-state index is 10.4. The highest BCUT2D eigenvalue weighted by Crippen LogP contribution is 2.28. The van der Waals surface area contributed by atoms with Crippen molar-refractivity contribution < 1.29 is 9.90 Å². The molecule has 14 heavy (non-hydrogen) atoms. The van der Waals surface area contributed by atoms with Gasteiger partial charge in [0.15, 0.2) is 0 Å². The third-order valence-electron chi connectivity index (χ3n) is 2.17. The number of nitrogens with zero attached hydrogens (tertiary/aromatic N) is 2. The van der Waals surface area contributed by atoms with E-state index in [9.17, 15) is 4.79 Å². The molecule has 1 N–H and O–H groups in total. The minimum atomic E-state index is -0.805. The predicted molar refractivity (Wildman–Crippen MR) is 52.4 cm³/mol. The van der Waals surface area contributed by atoms with Crippen molar-refractivity contribution in [1.82, 2.24) is 9.97 Å². The van der Waals surface area contributed by atoms with E-state index in [1.165, 1.54) is 18.1 Å². The number of carboxylic acid groups (broad SMARTS) is 1. The van der Waals surface area contributed by atoms with Gasteiger partial charge in [-0.05, 0) is 19.3 Å². The Labute approximate surface area is 85.8 Å². The maximum absolute atomic E-state index is 10.4. The first-order chi connectivity index (χ1) is 6.77. The van der Waals surface area contributed by atoms with Crippen molar-refractivity contribution in [3.05, 3.63) is 17.6 Å². The summed E-state index contributed by atoms with van der Waals surface area (Å²) >= 11 is 1.28. The minimum absolute atomic E-state index is 0.0729. The second-order valence-corrected chi connectivity index (χ2v) is 4.10. The molecule has 0 fully saturated rings. The normalized spacial score (nSPS) is 14.0. The quantitative estimate of drug-likeness (QED) is 0.598. The lowest BCUT2D eigenvalue weighted by Crippen LogP contribution is -2.00. The van der Waals surface area contributed by atoms with Crippen molar-refractivity contribution in [2.24, 2.45) is 0 Å². The van der Waals surface area contributed by atoms with Crippen molar-refractivity contribution in [1.29, 1.82) is 0 Å². The summed E-state index contributed by atoms with van der Waals surface area (Å²) in [7, 11) is 0. The predicted octanol–water partition coefficient (Wildman–Crippen LogP) is 1.14. The van der Waals surface area contributed by atoms with Gasteiger partial charge in [0.05, 0.1) is 5.75 Å². The van der Waals surface area contributed by atoms with E-state index in [4.69, 9.17) is 5.11 Å². The zero-order valence-electron chi connectivity index (χ0n) is 7.56. The van der Waals surface area contributed by atoms with Gasteiger partial charge in [-0.15, -0.1) is 0 Å². The fourth-order valence-corrected chi connectivity index (χ4v) is 2.36. The van der Waals surface area contributed by atoms with E-state index in [2.05, 4.69) is 9.97 Å². The first-order valence-corrected chi connectivity index (χ1v) is 5.43. The van der Waals surface area contributed by atoms with Crippen molar-refractivity contribution in [3.63, 3.8) is 0 Å². The first kappa shape index (κ1) is 9.45. The lowest BCUT2D eigenvalue weighted by Gasteiger charge is -2.03. The van der Waals surface area contributed by atoms with Crippen LogP contribution in [0.1, 0.15) is 17.7 Å². The highest BCUT2D eigenvalue weighted by Gasteiger charge is 2.17. The number of hydrogen-bond donors (Lipinski definition) is 1. The molecule has 2 rings (SSSR count). The summed E-state index contributed by atoms with van der Waals surface area (Å²) < 4.78 is 0. The van der Waals surface area contributed by atoms with Crippen LogP contribution in [-0.2, 0) is 17.6 Å². The number of aliphatic carboxylic acids is 1. The van der Waals surface area contributed by atoms with Crippen LogP contribution in [-0.4, -0.2) is 26.8 Å². The number of carbonyl (C=O) groups is 1. The second-order valence-electron chi connectivity index (χ2n) is 3.14. The molecule has 0 atom stereocenters. The molecule has 0 unspecified atom stereocenters. The Balaban J connectivity index is 2.17. The molecule has 0 aromatic carbocycles. The molecular formula is C9H10N2O2S. The van der Waals surface area contributed by atoms with E-state index in [0.29, 0.717) is 0 Å². The van der Waals surface area contributed by atoms with Gasteiger partial charge in [-0.2, -0.15) is 0 Å². The van der Waals surface area contributed by atoms with Crippen molar-refractivity contribution in [2.75, 3.05) is 5.75 Å². The monoisotopic (exact) mass is 210 g/mol. The van der Waals surface area contributed by atoms with Crippen LogP contribution in [0.2, 0.25) is 0 Å². The summed E-state index contributed by atoms with van der Waals surface area (Å²) in [5.74, 6) is -0.732. The number of carboxylic acids is 1. The standard InChI is InChI=1S/C9H10N2O2S/c12-8(13)4-14-9-6-2-1-3-7(6)10-5-11-9/h5H,1-4H2,(H,12,13). The summed E-state index contributed by atoms with van der Waals surface area (Å²) in [6.45, 7) is 0. The Morgan fingerprint density at radius 1 is 1.50 bits per heavy atom. The average Bonchev–Trinajstić information content (AvgIpc) is 2.62. The van der Waals surface area contributed by atoms with Gasteiger partial charge in [0.1, 0.15) is 11.4 Å². The van der Waals surface area contributed by atoms with Gasteiger partial charge in [0.25, 0.3) is 0 Å². The zero-order valence-corrected chi connectivity index (χ0v) is 8.38. The van der Waals surface area contributed by atoms with Crippen molar-refractivity contribution >= 4 is 17.7 Å². The summed E-state index contributed by atoms with van der Waals surface area (Å²) in [6, 6.07) is 0. The molecule has 1 aliphatic rings. The van der Waals surface area contributed by atoms with Gasteiger partial charge in [-0.1, -0.05) is 11.8 Å². The Morgan fingerprint density at radius 3 is 3.14 bits per heavy atom. The SMILES string of the molecule is O=C(O)CSc1ncnc2c1CCC2. The number of aryl methyl sites for hydroxylation is 1. The molecule has 1 aliphatic carbocycles. The number of rotatable bonds is 3. The summed E-state index contributed by atoms with van der Waals surface area (Å²) in [5, 5.41) is 9.40. The molecule has 0 amide bonds. The van der Waals surface area contributed by atoms with Gasteiger partial charge in [-0.3, -0.25) is 4.79 Å². The number of thioether (sulfide) groups is 1. The number of fused-ring (bicyclic) bond motifs is 1. The Morgan fingerprint density at radius 2 is 2.36 bits per heavy atom. The van der Waals surface area contributed by atoms with Crippen LogP contribution in [0.25, 0.3) is 0 Å². The Hall–Kier alpha value is -1.10. The summed E-state index contributed by atoms with van der Waals surface area (Å²) in [4.78, 5) is 18.7. The van der Waals surface area contributed by atoms with Crippen LogP contribution in [0.4, 0.5) is 0 Å². The van der Waals surface area contributed by atoms with Crippen LogP contribution < -0.4 is 0 Å². The van der Waals surface area contributed by atoms with Gasteiger partial charge < -0.3 is 5.11 Å². The highest BCUT2D eigenvalue weighted by atomic mass is 32.2. The molecule has 1 heterocycles. The fourth-order valence-electron chi connectivity index (χ4n) is 1.58. The first-order valence-electron chi connectivity index (χ1n) is 4.44.